The number of nitrogens with zero attached hydrogens (tertiary/aromatic N) is 4. The van der Waals surface area contributed by atoms with E-state index in [0.717, 1.165) is 49.5 Å². The van der Waals surface area contributed by atoms with Gasteiger partial charge in [-0.15, -0.1) is 0 Å². The van der Waals surface area contributed by atoms with Crippen LogP contribution in [-0.4, -0.2) is 52.6 Å². The Balaban J connectivity index is 1.54. The monoisotopic (exact) mass is 394 g/mol. The van der Waals surface area contributed by atoms with Crippen LogP contribution in [-0.2, 0) is 11.3 Å². The first-order chi connectivity index (χ1) is 13.5. The number of piperazine rings is 1. The lowest BCUT2D eigenvalue weighted by Crippen LogP contribution is -2.48. The van der Waals surface area contributed by atoms with Crippen molar-refractivity contribution in [3.8, 4) is 6.07 Å². The molecule has 1 amide bonds. The summed E-state index contributed by atoms with van der Waals surface area (Å²) in [6.45, 7) is 10.1. The van der Waals surface area contributed by atoms with Gasteiger partial charge in [0.15, 0.2) is 0 Å². The summed E-state index contributed by atoms with van der Waals surface area (Å²) < 4.78 is 0. The number of aromatic nitrogens is 1. The molecule has 28 heavy (non-hydrogen) atoms. The van der Waals surface area contributed by atoms with E-state index in [1.165, 1.54) is 17.3 Å². The molecule has 146 valence electrons. The van der Waals surface area contributed by atoms with Crippen LogP contribution in [0.4, 0.5) is 0 Å². The van der Waals surface area contributed by atoms with Crippen molar-refractivity contribution in [2.24, 2.45) is 0 Å². The van der Waals surface area contributed by atoms with Crippen LogP contribution in [0, 0.1) is 32.1 Å². The molecule has 0 aliphatic carbocycles. The highest BCUT2D eigenvalue weighted by atomic mass is 32.2. The third-order valence-electron chi connectivity index (χ3n) is 5.38. The van der Waals surface area contributed by atoms with Crippen molar-refractivity contribution >= 4 is 17.7 Å². The van der Waals surface area contributed by atoms with Crippen molar-refractivity contribution in [1.29, 1.82) is 5.26 Å². The molecular weight excluding hydrogens is 368 g/mol. The molecule has 3 rings (SSSR count). The number of pyridine rings is 1. The van der Waals surface area contributed by atoms with Gasteiger partial charge in [-0.1, -0.05) is 42.1 Å². The van der Waals surface area contributed by atoms with Crippen LogP contribution in [0.2, 0.25) is 0 Å². The SMILES string of the molecule is Cc1nc(SCC(=O)N2CCN(Cc3ccccc3)CC2)c(C#N)c(C)c1C. The molecule has 1 aliphatic heterocycles. The van der Waals surface area contributed by atoms with Gasteiger partial charge in [0.1, 0.15) is 11.1 Å². The third-order valence-corrected chi connectivity index (χ3v) is 6.34. The predicted octanol–water partition coefficient (Wildman–Crippen LogP) is 3.32. The summed E-state index contributed by atoms with van der Waals surface area (Å²) in [6.07, 6.45) is 0. The molecule has 1 saturated heterocycles. The van der Waals surface area contributed by atoms with E-state index in [-0.39, 0.29) is 5.91 Å². The molecule has 0 radical (unpaired) electrons. The standard InChI is InChI=1S/C22H26N4OS/c1-16-17(2)20(13-23)22(24-18(16)3)28-15-21(27)26-11-9-25(10-12-26)14-19-7-5-4-6-8-19/h4-8H,9-12,14-15H2,1-3H3. The molecule has 0 unspecified atom stereocenters. The first-order valence-electron chi connectivity index (χ1n) is 9.54. The van der Waals surface area contributed by atoms with Crippen molar-refractivity contribution in [1.82, 2.24) is 14.8 Å². The minimum absolute atomic E-state index is 0.117. The minimum atomic E-state index is 0.117. The Morgan fingerprint density at radius 1 is 1.11 bits per heavy atom. The summed E-state index contributed by atoms with van der Waals surface area (Å²) in [5.41, 5.74) is 4.81. The Labute approximate surface area is 171 Å². The lowest BCUT2D eigenvalue weighted by molar-refractivity contribution is -0.130. The molecule has 0 N–H and O–H groups in total. The van der Waals surface area contributed by atoms with Gasteiger partial charge in [-0.25, -0.2) is 4.98 Å². The average molecular weight is 395 g/mol. The molecule has 2 aromatic rings. The Bertz CT molecular complexity index is 884. The Morgan fingerprint density at radius 3 is 2.43 bits per heavy atom. The maximum atomic E-state index is 12.6. The van der Waals surface area contributed by atoms with Crippen LogP contribution < -0.4 is 0 Å². The number of rotatable bonds is 5. The predicted molar refractivity (Wildman–Crippen MR) is 112 cm³/mol. The molecular formula is C22H26N4OS. The van der Waals surface area contributed by atoms with Gasteiger partial charge in [-0.3, -0.25) is 9.69 Å². The summed E-state index contributed by atoms with van der Waals surface area (Å²) in [6, 6.07) is 12.7. The van der Waals surface area contributed by atoms with E-state index in [9.17, 15) is 10.1 Å². The zero-order valence-corrected chi connectivity index (χ0v) is 17.6. The first kappa shape index (κ1) is 20.4. The number of thioether (sulfide) groups is 1. The van der Waals surface area contributed by atoms with Crippen molar-refractivity contribution < 1.29 is 4.79 Å². The lowest BCUT2D eigenvalue weighted by atomic mass is 10.1. The molecule has 0 atom stereocenters. The fourth-order valence-electron chi connectivity index (χ4n) is 3.37. The molecule has 1 fully saturated rings. The van der Waals surface area contributed by atoms with Crippen molar-refractivity contribution in [3.05, 3.63) is 58.3 Å². The highest BCUT2D eigenvalue weighted by Gasteiger charge is 2.22. The third kappa shape index (κ3) is 4.73. The van der Waals surface area contributed by atoms with Gasteiger partial charge in [-0.2, -0.15) is 5.26 Å². The van der Waals surface area contributed by atoms with E-state index in [2.05, 4.69) is 40.2 Å². The van der Waals surface area contributed by atoms with E-state index in [4.69, 9.17) is 0 Å². The van der Waals surface area contributed by atoms with Gasteiger partial charge in [0.05, 0.1) is 11.3 Å². The lowest BCUT2D eigenvalue weighted by Gasteiger charge is -2.34. The summed E-state index contributed by atoms with van der Waals surface area (Å²) >= 11 is 1.38. The zero-order chi connectivity index (χ0) is 20.1. The largest absolute Gasteiger partial charge is 0.339 e. The minimum Gasteiger partial charge on any atom is -0.339 e. The van der Waals surface area contributed by atoms with Crippen LogP contribution in [0.15, 0.2) is 35.4 Å². The average Bonchev–Trinajstić information content (AvgIpc) is 2.71. The van der Waals surface area contributed by atoms with Gasteiger partial charge >= 0.3 is 0 Å². The normalized spacial score (nSPS) is 14.7. The van der Waals surface area contributed by atoms with Gasteiger partial charge in [0, 0.05) is 38.4 Å². The Hall–Kier alpha value is -2.36. The molecule has 2 heterocycles. The molecule has 0 spiro atoms. The van der Waals surface area contributed by atoms with E-state index < -0.39 is 0 Å². The molecule has 1 aromatic heterocycles. The molecule has 5 nitrogen and oxygen atoms in total. The smallest absolute Gasteiger partial charge is 0.233 e. The van der Waals surface area contributed by atoms with Crippen LogP contribution in [0.5, 0.6) is 0 Å². The van der Waals surface area contributed by atoms with Gasteiger partial charge < -0.3 is 4.90 Å². The number of aryl methyl sites for hydroxylation is 1. The van der Waals surface area contributed by atoms with E-state index >= 15 is 0 Å². The van der Waals surface area contributed by atoms with Gasteiger partial charge in [0.25, 0.3) is 0 Å². The van der Waals surface area contributed by atoms with Crippen molar-refractivity contribution in [2.75, 3.05) is 31.9 Å². The second-order valence-corrected chi connectivity index (χ2v) is 8.13. The topological polar surface area (TPSA) is 60.2 Å². The van der Waals surface area contributed by atoms with E-state index in [1.807, 2.05) is 31.7 Å². The van der Waals surface area contributed by atoms with E-state index in [1.54, 1.807) is 0 Å². The number of carbonyl (C=O) groups is 1. The zero-order valence-electron chi connectivity index (χ0n) is 16.7. The Morgan fingerprint density at radius 2 is 1.79 bits per heavy atom. The number of amides is 1. The first-order valence-corrected chi connectivity index (χ1v) is 10.5. The van der Waals surface area contributed by atoms with Crippen LogP contribution in [0.25, 0.3) is 0 Å². The molecule has 6 heteroatoms. The molecule has 1 aromatic carbocycles. The number of hydrogen-bond acceptors (Lipinski definition) is 5. The number of nitriles is 1. The summed E-state index contributed by atoms with van der Waals surface area (Å²) in [5, 5.41) is 10.1. The number of benzene rings is 1. The summed E-state index contributed by atoms with van der Waals surface area (Å²) in [5.74, 6) is 0.438. The maximum Gasteiger partial charge on any atom is 0.233 e. The fourth-order valence-corrected chi connectivity index (χ4v) is 4.35. The summed E-state index contributed by atoms with van der Waals surface area (Å²) in [4.78, 5) is 21.5. The quantitative estimate of drug-likeness (QED) is 0.728. The second-order valence-electron chi connectivity index (χ2n) is 7.17. The van der Waals surface area contributed by atoms with E-state index in [0.29, 0.717) is 16.3 Å². The van der Waals surface area contributed by atoms with Crippen LogP contribution >= 0.6 is 11.8 Å². The number of carbonyl (C=O) groups excluding carboxylic acids is 1. The second kappa shape index (κ2) is 9.22. The number of hydrogen-bond donors (Lipinski definition) is 0. The maximum absolute atomic E-state index is 12.6. The van der Waals surface area contributed by atoms with Gasteiger partial charge in [-0.05, 0) is 37.5 Å². The highest BCUT2D eigenvalue weighted by Crippen LogP contribution is 2.26. The highest BCUT2D eigenvalue weighted by molar-refractivity contribution is 8.00. The van der Waals surface area contributed by atoms with Crippen molar-refractivity contribution in [2.45, 2.75) is 32.3 Å². The fraction of sp³-hybridized carbons (Fsp3) is 0.409. The Kier molecular flexibility index (Phi) is 6.71. The molecule has 1 aliphatic rings. The summed E-state index contributed by atoms with van der Waals surface area (Å²) in [7, 11) is 0. The van der Waals surface area contributed by atoms with Crippen LogP contribution in [0.3, 0.4) is 0 Å². The van der Waals surface area contributed by atoms with Crippen molar-refractivity contribution in [3.63, 3.8) is 0 Å². The molecule has 0 saturated carbocycles. The molecule has 0 bridgehead atoms. The van der Waals surface area contributed by atoms with Gasteiger partial charge in [0.2, 0.25) is 5.91 Å². The van der Waals surface area contributed by atoms with Crippen LogP contribution in [0.1, 0.15) is 27.9 Å².